The standard InChI is InChI=1S/C28H47NO4/c1-3-5-7-9-11-13-15-17-19-32-27(30)24-21-25(23-26(29)22-24)28(31)33-20-18-16-14-12-10-8-6-4-2/h21-23H,3-20,29H2,1-2H3. The lowest BCUT2D eigenvalue weighted by atomic mass is 10.1. The van der Waals surface area contributed by atoms with E-state index in [1.165, 1.54) is 83.1 Å². The molecule has 0 unspecified atom stereocenters. The fourth-order valence-corrected chi connectivity index (χ4v) is 3.86. The van der Waals surface area contributed by atoms with E-state index in [1.807, 2.05) is 0 Å². The van der Waals surface area contributed by atoms with Crippen molar-refractivity contribution in [2.24, 2.45) is 0 Å². The van der Waals surface area contributed by atoms with Gasteiger partial charge in [0.15, 0.2) is 0 Å². The van der Waals surface area contributed by atoms with E-state index in [0.29, 0.717) is 30.0 Å². The number of nitrogens with two attached hydrogens (primary N) is 1. The molecule has 1 rings (SSSR count). The molecule has 0 radical (unpaired) electrons. The van der Waals surface area contributed by atoms with Gasteiger partial charge in [-0.15, -0.1) is 0 Å². The lowest BCUT2D eigenvalue weighted by molar-refractivity contribution is 0.0496. The molecule has 0 saturated carbocycles. The minimum Gasteiger partial charge on any atom is -0.462 e. The Balaban J connectivity index is 2.27. The Morgan fingerprint density at radius 3 is 1.27 bits per heavy atom. The molecule has 1 aromatic rings. The molecule has 1 aromatic carbocycles. The number of hydrogen-bond acceptors (Lipinski definition) is 5. The second kappa shape index (κ2) is 19.4. The average molecular weight is 462 g/mol. The van der Waals surface area contributed by atoms with Gasteiger partial charge < -0.3 is 15.2 Å². The van der Waals surface area contributed by atoms with Gasteiger partial charge >= 0.3 is 11.9 Å². The van der Waals surface area contributed by atoms with E-state index < -0.39 is 11.9 Å². The van der Waals surface area contributed by atoms with Crippen LogP contribution in [0.5, 0.6) is 0 Å². The zero-order chi connectivity index (χ0) is 24.2. The summed E-state index contributed by atoms with van der Waals surface area (Å²) in [6, 6.07) is 4.61. The van der Waals surface area contributed by atoms with Gasteiger partial charge in [0, 0.05) is 5.69 Å². The molecule has 0 aliphatic rings. The molecule has 2 N–H and O–H groups in total. The molecule has 0 bridgehead atoms. The second-order valence-corrected chi connectivity index (χ2v) is 9.07. The SMILES string of the molecule is CCCCCCCCCCOC(=O)c1cc(N)cc(C(=O)OCCCCCCCCCC)c1. The summed E-state index contributed by atoms with van der Waals surface area (Å²) in [5, 5.41) is 0. The number of carbonyl (C=O) groups excluding carboxylic acids is 2. The first kappa shape index (κ1) is 29.0. The van der Waals surface area contributed by atoms with Crippen molar-refractivity contribution in [1.82, 2.24) is 0 Å². The lowest BCUT2D eigenvalue weighted by Gasteiger charge is -2.09. The maximum Gasteiger partial charge on any atom is 0.338 e. The van der Waals surface area contributed by atoms with E-state index in [-0.39, 0.29) is 0 Å². The Hall–Kier alpha value is -2.04. The number of anilines is 1. The summed E-state index contributed by atoms with van der Waals surface area (Å²) in [7, 11) is 0. The quantitative estimate of drug-likeness (QED) is 0.121. The van der Waals surface area contributed by atoms with Crippen molar-refractivity contribution in [2.75, 3.05) is 18.9 Å². The van der Waals surface area contributed by atoms with E-state index in [0.717, 1.165) is 25.7 Å². The van der Waals surface area contributed by atoms with E-state index in [2.05, 4.69) is 13.8 Å². The molecule has 0 amide bonds. The van der Waals surface area contributed by atoms with Crippen LogP contribution in [0.25, 0.3) is 0 Å². The number of carbonyl (C=O) groups is 2. The smallest absolute Gasteiger partial charge is 0.338 e. The van der Waals surface area contributed by atoms with Crippen LogP contribution in [0.15, 0.2) is 18.2 Å². The Morgan fingerprint density at radius 1 is 0.576 bits per heavy atom. The van der Waals surface area contributed by atoms with Crippen LogP contribution in [-0.4, -0.2) is 25.2 Å². The fraction of sp³-hybridized carbons (Fsp3) is 0.714. The van der Waals surface area contributed by atoms with Crippen molar-refractivity contribution in [3.8, 4) is 0 Å². The molecule has 0 saturated heterocycles. The first-order valence-corrected chi connectivity index (χ1v) is 13.3. The summed E-state index contributed by atoms with van der Waals surface area (Å²) in [6.45, 7) is 5.22. The van der Waals surface area contributed by atoms with Gasteiger partial charge in [0.2, 0.25) is 0 Å². The summed E-state index contributed by atoms with van der Waals surface area (Å²) in [4.78, 5) is 24.8. The van der Waals surface area contributed by atoms with Crippen molar-refractivity contribution in [1.29, 1.82) is 0 Å². The molecular formula is C28H47NO4. The summed E-state index contributed by atoms with van der Waals surface area (Å²) >= 11 is 0. The minimum atomic E-state index is -0.442. The highest BCUT2D eigenvalue weighted by Gasteiger charge is 2.14. The van der Waals surface area contributed by atoms with Gasteiger partial charge in [-0.05, 0) is 31.0 Å². The molecule has 0 aliphatic heterocycles. The zero-order valence-corrected chi connectivity index (χ0v) is 21.2. The first-order valence-electron chi connectivity index (χ1n) is 13.3. The van der Waals surface area contributed by atoms with Gasteiger partial charge in [-0.1, -0.05) is 104 Å². The predicted molar refractivity (Wildman–Crippen MR) is 137 cm³/mol. The van der Waals surface area contributed by atoms with Crippen LogP contribution in [-0.2, 0) is 9.47 Å². The molecule has 5 heteroatoms. The Morgan fingerprint density at radius 2 is 0.909 bits per heavy atom. The van der Waals surface area contributed by atoms with Gasteiger partial charge in [0.1, 0.15) is 0 Å². The van der Waals surface area contributed by atoms with Gasteiger partial charge in [-0.3, -0.25) is 0 Å². The number of unbranched alkanes of at least 4 members (excludes halogenated alkanes) is 14. The third kappa shape index (κ3) is 14.7. The average Bonchev–Trinajstić information content (AvgIpc) is 2.81. The van der Waals surface area contributed by atoms with E-state index in [9.17, 15) is 9.59 Å². The number of ether oxygens (including phenoxy) is 2. The molecule has 0 fully saturated rings. The van der Waals surface area contributed by atoms with Crippen molar-refractivity contribution < 1.29 is 19.1 Å². The topological polar surface area (TPSA) is 78.6 Å². The predicted octanol–water partition coefficient (Wildman–Crippen LogP) is 7.86. The number of nitrogen functional groups attached to an aromatic ring is 1. The van der Waals surface area contributed by atoms with Gasteiger partial charge in [-0.2, -0.15) is 0 Å². The van der Waals surface area contributed by atoms with E-state index >= 15 is 0 Å². The molecule has 33 heavy (non-hydrogen) atoms. The van der Waals surface area contributed by atoms with Crippen LogP contribution in [0.1, 0.15) is 137 Å². The van der Waals surface area contributed by atoms with Crippen LogP contribution < -0.4 is 5.73 Å². The first-order chi connectivity index (χ1) is 16.1. The molecule has 5 nitrogen and oxygen atoms in total. The third-order valence-corrected chi connectivity index (χ3v) is 5.89. The summed E-state index contributed by atoms with van der Waals surface area (Å²) in [5.74, 6) is -0.885. The zero-order valence-electron chi connectivity index (χ0n) is 21.2. The number of benzene rings is 1. The van der Waals surface area contributed by atoms with Crippen LogP contribution >= 0.6 is 0 Å². The van der Waals surface area contributed by atoms with Crippen LogP contribution in [0.4, 0.5) is 5.69 Å². The fourth-order valence-electron chi connectivity index (χ4n) is 3.86. The number of esters is 2. The highest BCUT2D eigenvalue weighted by atomic mass is 16.5. The van der Waals surface area contributed by atoms with Crippen LogP contribution in [0.3, 0.4) is 0 Å². The molecule has 188 valence electrons. The second-order valence-electron chi connectivity index (χ2n) is 9.07. The normalized spacial score (nSPS) is 10.8. The van der Waals surface area contributed by atoms with Crippen LogP contribution in [0.2, 0.25) is 0 Å². The lowest BCUT2D eigenvalue weighted by Crippen LogP contribution is -2.11. The molecular weight excluding hydrogens is 414 g/mol. The molecule has 0 heterocycles. The van der Waals surface area contributed by atoms with Crippen molar-refractivity contribution >= 4 is 17.6 Å². The molecule has 0 aromatic heterocycles. The van der Waals surface area contributed by atoms with Crippen molar-refractivity contribution in [3.63, 3.8) is 0 Å². The van der Waals surface area contributed by atoms with Gasteiger partial charge in [-0.25, -0.2) is 9.59 Å². The highest BCUT2D eigenvalue weighted by molar-refractivity contribution is 5.96. The minimum absolute atomic E-state index is 0.300. The highest BCUT2D eigenvalue weighted by Crippen LogP contribution is 2.16. The van der Waals surface area contributed by atoms with Gasteiger partial charge in [0.05, 0.1) is 24.3 Å². The van der Waals surface area contributed by atoms with E-state index in [1.54, 1.807) is 12.1 Å². The summed E-state index contributed by atoms with van der Waals surface area (Å²) < 4.78 is 10.8. The Bertz CT molecular complexity index is 607. The molecule has 0 aliphatic carbocycles. The number of rotatable bonds is 20. The Labute approximate surface area is 201 Å². The Kier molecular flexibility index (Phi) is 17.1. The largest absolute Gasteiger partial charge is 0.462 e. The van der Waals surface area contributed by atoms with E-state index in [4.69, 9.17) is 15.2 Å². The van der Waals surface area contributed by atoms with Crippen molar-refractivity contribution in [2.45, 2.75) is 117 Å². The monoisotopic (exact) mass is 461 g/mol. The maximum absolute atomic E-state index is 12.4. The molecule has 0 spiro atoms. The number of hydrogen-bond donors (Lipinski definition) is 1. The maximum atomic E-state index is 12.4. The summed E-state index contributed by atoms with van der Waals surface area (Å²) in [6.07, 6.45) is 19.0. The van der Waals surface area contributed by atoms with Crippen molar-refractivity contribution in [3.05, 3.63) is 29.3 Å². The third-order valence-electron chi connectivity index (χ3n) is 5.89. The van der Waals surface area contributed by atoms with Crippen LogP contribution in [0, 0.1) is 0 Å². The molecule has 0 atom stereocenters. The van der Waals surface area contributed by atoms with Gasteiger partial charge in [0.25, 0.3) is 0 Å². The summed E-state index contributed by atoms with van der Waals surface area (Å²) in [5.41, 5.74) is 6.86.